The molecule has 1 aromatic rings. The monoisotopic (exact) mass is 435 g/mol. The summed E-state index contributed by atoms with van der Waals surface area (Å²) in [5.41, 5.74) is 2.11. The first-order chi connectivity index (χ1) is 14.2. The van der Waals surface area contributed by atoms with Crippen LogP contribution in [0.3, 0.4) is 0 Å². The number of hydrogen-bond donors (Lipinski definition) is 0. The second-order valence-corrected chi connectivity index (χ2v) is 10.3. The molecule has 2 fully saturated rings. The molecule has 3 rings (SSSR count). The number of rotatable bonds is 6. The highest BCUT2D eigenvalue weighted by Gasteiger charge is 2.29. The molecule has 2 saturated heterocycles. The number of benzene rings is 1. The van der Waals surface area contributed by atoms with Crippen LogP contribution >= 0.6 is 0 Å². The van der Waals surface area contributed by atoms with Gasteiger partial charge in [0.15, 0.2) is 0 Å². The summed E-state index contributed by atoms with van der Waals surface area (Å²) in [6.45, 7) is 10.7. The zero-order valence-corrected chi connectivity index (χ0v) is 19.2. The second-order valence-electron chi connectivity index (χ2n) is 8.70. The van der Waals surface area contributed by atoms with Gasteiger partial charge in [0, 0.05) is 38.3 Å². The van der Waals surface area contributed by atoms with Gasteiger partial charge in [0.2, 0.25) is 0 Å². The average Bonchev–Trinajstić information content (AvgIpc) is 2.66. The Bertz CT molecular complexity index is 865. The third-order valence-corrected chi connectivity index (χ3v) is 6.53. The summed E-state index contributed by atoms with van der Waals surface area (Å²) in [6, 6.07) is 7.70. The van der Waals surface area contributed by atoms with Gasteiger partial charge in [0.1, 0.15) is 12.2 Å². The highest BCUT2D eigenvalue weighted by molar-refractivity contribution is 7.86. The van der Waals surface area contributed by atoms with Crippen LogP contribution in [0.5, 0.6) is 0 Å². The van der Waals surface area contributed by atoms with Crippen LogP contribution in [0.25, 0.3) is 0 Å². The van der Waals surface area contributed by atoms with Crippen LogP contribution < -0.4 is 4.90 Å². The Morgan fingerprint density at radius 2 is 1.87 bits per heavy atom. The van der Waals surface area contributed by atoms with E-state index in [9.17, 15) is 13.7 Å². The maximum Gasteiger partial charge on any atom is 0.264 e. The minimum Gasteiger partial charge on any atom is -0.373 e. The van der Waals surface area contributed by atoms with E-state index in [-0.39, 0.29) is 12.2 Å². The molecule has 0 spiro atoms. The lowest BCUT2D eigenvalue weighted by Gasteiger charge is -2.40. The molecule has 30 heavy (non-hydrogen) atoms. The van der Waals surface area contributed by atoms with Crippen LogP contribution in [-0.2, 0) is 19.0 Å². The van der Waals surface area contributed by atoms with Crippen molar-refractivity contribution in [2.24, 2.45) is 5.92 Å². The second kappa shape index (κ2) is 9.65. The van der Waals surface area contributed by atoms with E-state index >= 15 is 0 Å². The van der Waals surface area contributed by atoms with Gasteiger partial charge in [0.25, 0.3) is 10.1 Å². The van der Waals surface area contributed by atoms with E-state index in [1.165, 1.54) is 0 Å². The van der Waals surface area contributed by atoms with E-state index in [0.29, 0.717) is 11.5 Å². The number of hydrogen-bond acceptors (Lipinski definition) is 7. The van der Waals surface area contributed by atoms with E-state index in [1.54, 1.807) is 19.1 Å². The molecule has 0 bridgehead atoms. The van der Waals surface area contributed by atoms with E-state index in [1.807, 2.05) is 6.07 Å². The Balaban J connectivity index is 1.70. The molecule has 0 aliphatic carbocycles. The van der Waals surface area contributed by atoms with Crippen molar-refractivity contribution in [2.45, 2.75) is 51.9 Å². The van der Waals surface area contributed by atoms with Crippen LogP contribution in [-0.4, -0.2) is 64.5 Å². The molecule has 166 valence electrons. The smallest absolute Gasteiger partial charge is 0.264 e. The predicted octanol–water partition coefficient (Wildman–Crippen LogP) is 2.92. The molecule has 8 heteroatoms. The van der Waals surface area contributed by atoms with Gasteiger partial charge in [-0.25, -0.2) is 0 Å². The fourth-order valence-corrected chi connectivity index (χ4v) is 5.41. The number of nitriles is 1. The number of nitrogens with zero attached hydrogens (tertiary/aromatic N) is 3. The molecule has 0 aromatic heterocycles. The lowest BCUT2D eigenvalue weighted by atomic mass is 9.93. The predicted molar refractivity (Wildman–Crippen MR) is 117 cm³/mol. The summed E-state index contributed by atoms with van der Waals surface area (Å²) in [4.78, 5) is 4.73. The number of ether oxygens (including phenoxy) is 1. The Hall–Kier alpha value is -1.66. The van der Waals surface area contributed by atoms with Crippen molar-refractivity contribution in [1.82, 2.24) is 4.90 Å². The van der Waals surface area contributed by atoms with Crippen molar-refractivity contribution in [3.8, 4) is 6.07 Å². The van der Waals surface area contributed by atoms with Crippen molar-refractivity contribution in [3.63, 3.8) is 0 Å². The summed E-state index contributed by atoms with van der Waals surface area (Å²) >= 11 is 0. The van der Waals surface area contributed by atoms with Crippen LogP contribution in [0.1, 0.15) is 50.8 Å². The maximum absolute atomic E-state index is 11.6. The van der Waals surface area contributed by atoms with Crippen molar-refractivity contribution in [3.05, 3.63) is 29.3 Å². The largest absolute Gasteiger partial charge is 0.373 e. The number of piperidine rings is 1. The zero-order valence-electron chi connectivity index (χ0n) is 18.4. The van der Waals surface area contributed by atoms with Crippen molar-refractivity contribution in [1.29, 1.82) is 5.26 Å². The van der Waals surface area contributed by atoms with Crippen LogP contribution in [0.15, 0.2) is 18.2 Å². The minimum absolute atomic E-state index is 0.273. The third-order valence-electron chi connectivity index (χ3n) is 5.89. The highest BCUT2D eigenvalue weighted by atomic mass is 32.2. The standard InChI is InChI=1S/C22H33N3O4S/c1-16-13-24(14-17(2)28-16)15-19-8-10-25(11-9-19)22-20(12-23)6-5-7-21(22)18(3)29-30(4,26)27/h5-7,16-19H,8-11,13-15H2,1-4H3. The summed E-state index contributed by atoms with van der Waals surface area (Å²) in [6.07, 6.45) is 3.04. The van der Waals surface area contributed by atoms with E-state index in [0.717, 1.165) is 63.1 Å². The maximum atomic E-state index is 11.6. The normalized spacial score (nSPS) is 25.1. The first kappa shape index (κ1) is 23.0. The first-order valence-electron chi connectivity index (χ1n) is 10.7. The number of para-hydroxylation sites is 1. The van der Waals surface area contributed by atoms with Gasteiger partial charge < -0.3 is 9.64 Å². The van der Waals surface area contributed by atoms with Crippen LogP contribution in [0, 0.1) is 17.2 Å². The molecular formula is C22H33N3O4S. The van der Waals surface area contributed by atoms with Gasteiger partial charge in [-0.15, -0.1) is 0 Å². The fourth-order valence-electron chi connectivity index (χ4n) is 4.78. The van der Waals surface area contributed by atoms with E-state index in [2.05, 4.69) is 29.7 Å². The van der Waals surface area contributed by atoms with E-state index in [4.69, 9.17) is 8.92 Å². The number of anilines is 1. The van der Waals surface area contributed by atoms with Gasteiger partial charge in [0.05, 0.1) is 29.7 Å². The summed E-state index contributed by atoms with van der Waals surface area (Å²) in [5.74, 6) is 0.612. The van der Waals surface area contributed by atoms with Crippen LogP contribution in [0.2, 0.25) is 0 Å². The van der Waals surface area contributed by atoms with E-state index < -0.39 is 16.2 Å². The molecule has 2 aliphatic rings. The third kappa shape index (κ3) is 5.94. The van der Waals surface area contributed by atoms with Gasteiger partial charge in [-0.3, -0.25) is 9.08 Å². The molecule has 1 aromatic carbocycles. The quantitative estimate of drug-likeness (QED) is 0.635. The lowest BCUT2D eigenvalue weighted by molar-refractivity contribution is -0.0720. The Kier molecular flexibility index (Phi) is 7.40. The SMILES string of the molecule is CC1CN(CC2CCN(c3c(C#N)cccc3C(C)OS(C)(=O)=O)CC2)CC(C)O1. The molecule has 0 radical (unpaired) electrons. The molecule has 0 N–H and O–H groups in total. The van der Waals surface area contributed by atoms with Crippen molar-refractivity contribution >= 4 is 15.8 Å². The summed E-state index contributed by atoms with van der Waals surface area (Å²) in [7, 11) is -3.59. The highest BCUT2D eigenvalue weighted by Crippen LogP contribution is 2.35. The summed E-state index contributed by atoms with van der Waals surface area (Å²) in [5, 5.41) is 9.65. The molecule has 3 unspecified atom stereocenters. The Labute approximate surface area is 180 Å². The topological polar surface area (TPSA) is 82.9 Å². The molecule has 7 nitrogen and oxygen atoms in total. The molecule has 2 aliphatic heterocycles. The zero-order chi connectivity index (χ0) is 21.9. The van der Waals surface area contributed by atoms with Gasteiger partial charge in [-0.1, -0.05) is 12.1 Å². The Morgan fingerprint density at radius 1 is 1.23 bits per heavy atom. The van der Waals surface area contributed by atoms with Crippen molar-refractivity contribution < 1.29 is 17.3 Å². The molecule has 0 amide bonds. The van der Waals surface area contributed by atoms with Gasteiger partial charge >= 0.3 is 0 Å². The fraction of sp³-hybridized carbons (Fsp3) is 0.682. The summed E-state index contributed by atoms with van der Waals surface area (Å²) < 4.78 is 34.3. The molecular weight excluding hydrogens is 402 g/mol. The van der Waals surface area contributed by atoms with Crippen LogP contribution in [0.4, 0.5) is 5.69 Å². The Morgan fingerprint density at radius 3 is 2.43 bits per heavy atom. The first-order valence-corrected chi connectivity index (χ1v) is 12.5. The molecule has 0 saturated carbocycles. The molecule has 2 heterocycles. The van der Waals surface area contributed by atoms with Gasteiger partial charge in [-0.05, 0) is 45.6 Å². The number of morpholine rings is 1. The van der Waals surface area contributed by atoms with Gasteiger partial charge in [-0.2, -0.15) is 13.7 Å². The average molecular weight is 436 g/mol. The van der Waals surface area contributed by atoms with Crippen molar-refractivity contribution in [2.75, 3.05) is 43.9 Å². The minimum atomic E-state index is -3.59. The lowest BCUT2D eigenvalue weighted by Crippen LogP contribution is -2.48. The molecule has 3 atom stereocenters.